The van der Waals surface area contributed by atoms with Crippen molar-refractivity contribution >= 4 is 49.3 Å². The van der Waals surface area contributed by atoms with Crippen molar-refractivity contribution < 1.29 is 4.42 Å². The van der Waals surface area contributed by atoms with Crippen LogP contribution in [0.4, 0.5) is 0 Å². The number of para-hydroxylation sites is 2. The molecule has 0 aliphatic rings. The lowest BCUT2D eigenvalue weighted by atomic mass is 9.99. The van der Waals surface area contributed by atoms with Crippen molar-refractivity contribution in [3.8, 4) is 50.7 Å². The fourth-order valence-corrected chi connectivity index (χ4v) is 8.19. The number of fused-ring (bicyclic) bond motifs is 6. The topological polar surface area (TPSA) is 43.9 Å². The number of allylic oxidation sites excluding steroid dienone is 4. The maximum Gasteiger partial charge on any atom is 0.164 e. The highest BCUT2D eigenvalue weighted by atomic mass is 16.3. The maximum atomic E-state index is 7.08. The number of hydrogen-bond donors (Lipinski definition) is 0. The van der Waals surface area contributed by atoms with Gasteiger partial charge in [-0.05, 0) is 78.1 Å². The lowest BCUT2D eigenvalue weighted by Gasteiger charge is -2.10. The summed E-state index contributed by atoms with van der Waals surface area (Å²) in [5.74, 6) is 0.622. The van der Waals surface area contributed by atoms with Gasteiger partial charge in [-0.2, -0.15) is 0 Å². The SMILES string of the molecule is CC=CC(=CCC)c1ccc2c(c1)c1cc(-c3ccccc3)ccc1n2-c1cccc2c1oc1c(-c3nc(-c4ccccc4)cc(-c4ccccc4)n3)cccc12. The fraction of sp³-hybridized carbons (Fsp3) is 0.0566. The second kappa shape index (κ2) is 14.4. The maximum absolute atomic E-state index is 7.08. The first-order valence-electron chi connectivity index (χ1n) is 19.6. The summed E-state index contributed by atoms with van der Waals surface area (Å²) in [6, 6.07) is 59.7. The summed E-state index contributed by atoms with van der Waals surface area (Å²) in [6.07, 6.45) is 7.58. The van der Waals surface area contributed by atoms with E-state index in [-0.39, 0.29) is 0 Å². The van der Waals surface area contributed by atoms with Crippen LogP contribution in [0, 0.1) is 0 Å². The van der Waals surface area contributed by atoms with Crippen LogP contribution in [0.1, 0.15) is 25.8 Å². The van der Waals surface area contributed by atoms with E-state index in [1.54, 1.807) is 0 Å². The van der Waals surface area contributed by atoms with Gasteiger partial charge in [0.15, 0.2) is 11.4 Å². The Morgan fingerprint density at radius 2 is 1.14 bits per heavy atom. The molecule has 3 aromatic heterocycles. The molecule has 4 heteroatoms. The molecule has 0 bridgehead atoms. The molecule has 0 N–H and O–H groups in total. The van der Waals surface area contributed by atoms with Gasteiger partial charge in [-0.25, -0.2) is 9.97 Å². The lowest BCUT2D eigenvalue weighted by molar-refractivity contribution is 0.667. The van der Waals surface area contributed by atoms with Gasteiger partial charge in [0.05, 0.1) is 33.7 Å². The van der Waals surface area contributed by atoms with E-state index >= 15 is 0 Å². The number of benzene rings is 7. The highest BCUT2D eigenvalue weighted by Gasteiger charge is 2.21. The summed E-state index contributed by atoms with van der Waals surface area (Å²) in [5, 5.41) is 4.45. The third-order valence-electron chi connectivity index (χ3n) is 10.8. The van der Waals surface area contributed by atoms with Gasteiger partial charge in [-0.1, -0.05) is 153 Å². The first-order valence-corrected chi connectivity index (χ1v) is 19.6. The number of hydrogen-bond acceptors (Lipinski definition) is 3. The molecule has 272 valence electrons. The Labute approximate surface area is 331 Å². The Bertz CT molecular complexity index is 3090. The molecule has 0 fully saturated rings. The first kappa shape index (κ1) is 34.2. The minimum Gasteiger partial charge on any atom is -0.453 e. The Hall–Kier alpha value is -7.30. The molecular formula is C53H39N3O. The van der Waals surface area contributed by atoms with Crippen molar-refractivity contribution in [3.05, 3.63) is 194 Å². The van der Waals surface area contributed by atoms with E-state index in [0.29, 0.717) is 5.82 Å². The average molecular weight is 734 g/mol. The van der Waals surface area contributed by atoms with Gasteiger partial charge >= 0.3 is 0 Å². The van der Waals surface area contributed by atoms with Gasteiger partial charge in [-0.15, -0.1) is 0 Å². The molecule has 0 unspecified atom stereocenters. The monoisotopic (exact) mass is 733 g/mol. The Morgan fingerprint density at radius 1 is 0.544 bits per heavy atom. The van der Waals surface area contributed by atoms with E-state index < -0.39 is 0 Å². The van der Waals surface area contributed by atoms with Crippen LogP contribution in [-0.2, 0) is 0 Å². The van der Waals surface area contributed by atoms with Gasteiger partial charge < -0.3 is 8.98 Å². The molecule has 0 atom stereocenters. The standard InChI is InChI=1S/C53H39N3O/c1-3-16-35(17-4-2)39-28-30-48-44(32-39)45-33-40(36-18-8-5-9-19-36)29-31-49(45)56(48)50-27-15-25-42-41-24-14-26-43(51(41)57-52(42)50)53-54-46(37-20-10-6-11-21-37)34-47(55-53)38-22-12-7-13-23-38/h3,5-34H,4H2,1-2H3. The van der Waals surface area contributed by atoms with Crippen molar-refractivity contribution in [1.82, 2.24) is 14.5 Å². The van der Waals surface area contributed by atoms with E-state index in [1.165, 1.54) is 33.0 Å². The van der Waals surface area contributed by atoms with E-state index in [2.05, 4.69) is 170 Å². The third-order valence-corrected chi connectivity index (χ3v) is 10.8. The zero-order valence-electron chi connectivity index (χ0n) is 31.9. The summed E-state index contributed by atoms with van der Waals surface area (Å²) in [7, 11) is 0. The van der Waals surface area contributed by atoms with E-state index in [0.717, 1.165) is 73.2 Å². The minimum atomic E-state index is 0.622. The normalized spacial score (nSPS) is 12.1. The van der Waals surface area contributed by atoms with Gasteiger partial charge in [0.1, 0.15) is 5.58 Å². The smallest absolute Gasteiger partial charge is 0.164 e. The molecule has 0 amide bonds. The molecule has 3 heterocycles. The highest BCUT2D eigenvalue weighted by Crippen LogP contribution is 2.42. The van der Waals surface area contributed by atoms with Crippen LogP contribution in [-0.4, -0.2) is 14.5 Å². The van der Waals surface area contributed by atoms with E-state index in [9.17, 15) is 0 Å². The molecular weight excluding hydrogens is 695 g/mol. The van der Waals surface area contributed by atoms with Crippen LogP contribution in [0.25, 0.3) is 100 Å². The molecule has 0 aliphatic carbocycles. The summed E-state index contributed by atoms with van der Waals surface area (Å²) in [4.78, 5) is 10.3. The molecule has 0 spiro atoms. The summed E-state index contributed by atoms with van der Waals surface area (Å²) in [5.41, 5.74) is 14.2. The quantitative estimate of drug-likeness (QED) is 0.146. The molecule has 10 rings (SSSR count). The third kappa shape index (κ3) is 6.03. The molecule has 0 saturated carbocycles. The molecule has 57 heavy (non-hydrogen) atoms. The largest absolute Gasteiger partial charge is 0.453 e. The van der Waals surface area contributed by atoms with Crippen LogP contribution in [0.2, 0.25) is 0 Å². The zero-order chi connectivity index (χ0) is 38.3. The van der Waals surface area contributed by atoms with Crippen molar-refractivity contribution in [2.24, 2.45) is 0 Å². The van der Waals surface area contributed by atoms with Crippen molar-refractivity contribution in [2.75, 3.05) is 0 Å². The fourth-order valence-electron chi connectivity index (χ4n) is 8.19. The second-order valence-electron chi connectivity index (χ2n) is 14.4. The summed E-state index contributed by atoms with van der Waals surface area (Å²) in [6.45, 7) is 4.27. The van der Waals surface area contributed by atoms with Crippen molar-refractivity contribution in [3.63, 3.8) is 0 Å². The van der Waals surface area contributed by atoms with Crippen molar-refractivity contribution in [2.45, 2.75) is 20.3 Å². The van der Waals surface area contributed by atoms with Crippen LogP contribution < -0.4 is 0 Å². The predicted molar refractivity (Wildman–Crippen MR) is 238 cm³/mol. The minimum absolute atomic E-state index is 0.622. The van der Waals surface area contributed by atoms with Crippen LogP contribution >= 0.6 is 0 Å². The molecule has 4 nitrogen and oxygen atoms in total. The molecule has 0 radical (unpaired) electrons. The van der Waals surface area contributed by atoms with Crippen LogP contribution in [0.15, 0.2) is 193 Å². The molecule has 10 aromatic rings. The second-order valence-corrected chi connectivity index (χ2v) is 14.4. The van der Waals surface area contributed by atoms with Gasteiger partial charge in [-0.3, -0.25) is 0 Å². The predicted octanol–water partition coefficient (Wildman–Crippen LogP) is 14.5. The number of rotatable bonds is 8. The first-order chi connectivity index (χ1) is 28.2. The average Bonchev–Trinajstić information content (AvgIpc) is 3.82. The van der Waals surface area contributed by atoms with Gasteiger partial charge in [0.2, 0.25) is 0 Å². The van der Waals surface area contributed by atoms with Crippen LogP contribution in [0.3, 0.4) is 0 Å². The molecule has 0 aliphatic heterocycles. The zero-order valence-corrected chi connectivity index (χ0v) is 31.9. The van der Waals surface area contributed by atoms with Crippen LogP contribution in [0.5, 0.6) is 0 Å². The Kier molecular flexibility index (Phi) is 8.65. The molecule has 7 aromatic carbocycles. The van der Waals surface area contributed by atoms with Crippen molar-refractivity contribution in [1.29, 1.82) is 0 Å². The number of nitrogens with zero attached hydrogens (tertiary/aromatic N) is 3. The molecule has 0 saturated heterocycles. The Balaban J connectivity index is 1.21. The lowest BCUT2D eigenvalue weighted by Crippen LogP contribution is -1.96. The van der Waals surface area contributed by atoms with Gasteiger partial charge in [0.25, 0.3) is 0 Å². The number of aromatic nitrogens is 3. The number of furan rings is 1. The highest BCUT2D eigenvalue weighted by molar-refractivity contribution is 6.15. The van der Waals surface area contributed by atoms with E-state index in [1.807, 2.05) is 36.4 Å². The Morgan fingerprint density at radius 3 is 1.79 bits per heavy atom. The van der Waals surface area contributed by atoms with Gasteiger partial charge in [0, 0.05) is 32.7 Å². The summed E-state index contributed by atoms with van der Waals surface area (Å²) < 4.78 is 9.45. The summed E-state index contributed by atoms with van der Waals surface area (Å²) >= 11 is 0. The van der Waals surface area contributed by atoms with E-state index in [4.69, 9.17) is 14.4 Å².